The number of nitrogens with zero attached hydrogens (tertiary/aromatic N) is 1. The number of fused-ring (bicyclic) bond motifs is 1. The highest BCUT2D eigenvalue weighted by molar-refractivity contribution is 6.30. The van der Waals surface area contributed by atoms with E-state index in [1.807, 2.05) is 0 Å². The number of nitrogens with one attached hydrogen (secondary N) is 2. The molecule has 7 nitrogen and oxygen atoms in total. The van der Waals surface area contributed by atoms with E-state index < -0.39 is 11.8 Å². The molecule has 0 saturated heterocycles. The predicted octanol–water partition coefficient (Wildman–Crippen LogP) is 3.34. The van der Waals surface area contributed by atoms with E-state index in [2.05, 4.69) is 10.6 Å². The maximum Gasteiger partial charge on any atom is 0.420 e. The standard InChI is InChI=1S/C20H20ClN3O4/c1-13(24-16-5-2-3-6-17(16)28-20(24)27)19(26)22-12-4-7-18(25)23-15-10-8-14(21)9-11-15/h2-3,5-6,8-11,13H,4,7,12H2,1H3,(H,22,26)(H,23,25). The van der Waals surface area contributed by atoms with Crippen molar-refractivity contribution in [1.29, 1.82) is 0 Å². The van der Waals surface area contributed by atoms with Crippen LogP contribution in [0.25, 0.3) is 11.1 Å². The Morgan fingerprint density at radius 1 is 1.14 bits per heavy atom. The Hall–Kier alpha value is -3.06. The Morgan fingerprint density at radius 3 is 2.61 bits per heavy atom. The second-order valence-electron chi connectivity index (χ2n) is 6.33. The first-order valence-electron chi connectivity index (χ1n) is 8.89. The molecular weight excluding hydrogens is 382 g/mol. The Kier molecular flexibility index (Phi) is 6.16. The minimum atomic E-state index is -0.723. The number of hydrogen-bond donors (Lipinski definition) is 2. The fraction of sp³-hybridized carbons (Fsp3) is 0.250. The van der Waals surface area contributed by atoms with Gasteiger partial charge >= 0.3 is 5.76 Å². The van der Waals surface area contributed by atoms with E-state index in [1.165, 1.54) is 4.57 Å². The Labute approximate surface area is 166 Å². The third kappa shape index (κ3) is 4.61. The quantitative estimate of drug-likeness (QED) is 0.594. The summed E-state index contributed by atoms with van der Waals surface area (Å²) in [6.07, 6.45) is 0.727. The van der Waals surface area contributed by atoms with E-state index in [0.29, 0.717) is 34.8 Å². The summed E-state index contributed by atoms with van der Waals surface area (Å²) in [5.74, 6) is -1.04. The van der Waals surface area contributed by atoms with E-state index in [-0.39, 0.29) is 18.2 Å². The largest absolute Gasteiger partial charge is 0.420 e. The number of amides is 2. The molecular formula is C20H20ClN3O4. The van der Waals surface area contributed by atoms with Crippen LogP contribution in [0.5, 0.6) is 0 Å². The first kappa shape index (κ1) is 19.7. The summed E-state index contributed by atoms with van der Waals surface area (Å²) in [4.78, 5) is 36.4. The van der Waals surface area contributed by atoms with Crippen LogP contribution in [0, 0.1) is 0 Å². The highest BCUT2D eigenvalue weighted by atomic mass is 35.5. The van der Waals surface area contributed by atoms with Crippen LogP contribution < -0.4 is 16.4 Å². The molecule has 0 bridgehead atoms. The van der Waals surface area contributed by atoms with Crippen molar-refractivity contribution in [2.75, 3.05) is 11.9 Å². The molecule has 146 valence electrons. The minimum absolute atomic E-state index is 0.151. The summed E-state index contributed by atoms with van der Waals surface area (Å²) in [5.41, 5.74) is 1.67. The average molecular weight is 402 g/mol. The van der Waals surface area contributed by atoms with Gasteiger partial charge in [0.1, 0.15) is 6.04 Å². The SMILES string of the molecule is CC(C(=O)NCCCC(=O)Nc1ccc(Cl)cc1)n1c(=O)oc2ccccc21. The second-order valence-corrected chi connectivity index (χ2v) is 6.77. The van der Waals surface area contributed by atoms with Gasteiger partial charge in [0.2, 0.25) is 11.8 Å². The average Bonchev–Trinajstić information content (AvgIpc) is 3.02. The molecule has 0 aliphatic heterocycles. The van der Waals surface area contributed by atoms with Crippen LogP contribution in [0.1, 0.15) is 25.8 Å². The third-order valence-corrected chi connectivity index (χ3v) is 4.55. The number of rotatable bonds is 7. The molecule has 1 heterocycles. The fourth-order valence-corrected chi connectivity index (χ4v) is 2.96. The molecule has 0 spiro atoms. The maximum atomic E-state index is 12.4. The van der Waals surface area contributed by atoms with Crippen molar-refractivity contribution < 1.29 is 14.0 Å². The van der Waals surface area contributed by atoms with Gasteiger partial charge in [-0.2, -0.15) is 0 Å². The molecule has 1 unspecified atom stereocenters. The molecule has 0 fully saturated rings. The van der Waals surface area contributed by atoms with Crippen molar-refractivity contribution >= 4 is 40.2 Å². The smallest absolute Gasteiger partial charge is 0.408 e. The summed E-state index contributed by atoms with van der Waals surface area (Å²) in [6, 6.07) is 13.0. The Morgan fingerprint density at radius 2 is 1.86 bits per heavy atom. The summed E-state index contributed by atoms with van der Waals surface area (Å²) in [7, 11) is 0. The van der Waals surface area contributed by atoms with Crippen LogP contribution in [0.2, 0.25) is 5.02 Å². The van der Waals surface area contributed by atoms with E-state index in [0.717, 1.165) is 0 Å². The number of oxazole rings is 1. The van der Waals surface area contributed by atoms with Crippen LogP contribution in [-0.4, -0.2) is 22.9 Å². The number of para-hydroxylation sites is 2. The lowest BCUT2D eigenvalue weighted by Gasteiger charge is -2.13. The van der Waals surface area contributed by atoms with Gasteiger partial charge in [0.15, 0.2) is 5.58 Å². The van der Waals surface area contributed by atoms with Crippen molar-refractivity contribution in [2.45, 2.75) is 25.8 Å². The van der Waals surface area contributed by atoms with Crippen molar-refractivity contribution in [3.05, 3.63) is 64.1 Å². The number of hydrogen-bond acceptors (Lipinski definition) is 4. The topological polar surface area (TPSA) is 93.3 Å². The van der Waals surface area contributed by atoms with Crippen molar-refractivity contribution in [1.82, 2.24) is 9.88 Å². The molecule has 0 radical (unpaired) electrons. The van der Waals surface area contributed by atoms with Gasteiger partial charge in [-0.05, 0) is 49.7 Å². The Balaban J connectivity index is 1.48. The zero-order chi connectivity index (χ0) is 20.1. The number of aromatic nitrogens is 1. The van der Waals surface area contributed by atoms with E-state index in [1.54, 1.807) is 55.5 Å². The van der Waals surface area contributed by atoms with Crippen LogP contribution in [0.3, 0.4) is 0 Å². The molecule has 1 atom stereocenters. The number of carbonyl (C=O) groups is 2. The zero-order valence-corrected chi connectivity index (χ0v) is 16.0. The number of halogens is 1. The maximum absolute atomic E-state index is 12.4. The van der Waals surface area contributed by atoms with Crippen LogP contribution >= 0.6 is 11.6 Å². The molecule has 3 aromatic rings. The highest BCUT2D eigenvalue weighted by Gasteiger charge is 2.20. The molecule has 0 aliphatic rings. The number of carbonyl (C=O) groups excluding carboxylic acids is 2. The minimum Gasteiger partial charge on any atom is -0.408 e. The molecule has 0 aliphatic carbocycles. The first-order valence-corrected chi connectivity index (χ1v) is 9.26. The zero-order valence-electron chi connectivity index (χ0n) is 15.3. The molecule has 3 rings (SSSR count). The summed E-state index contributed by atoms with van der Waals surface area (Å²) in [5, 5.41) is 6.11. The first-order chi connectivity index (χ1) is 13.5. The monoisotopic (exact) mass is 401 g/mol. The molecule has 1 aromatic heterocycles. The van der Waals surface area contributed by atoms with Gasteiger partial charge in [-0.25, -0.2) is 4.79 Å². The summed E-state index contributed by atoms with van der Waals surface area (Å²) >= 11 is 5.80. The lowest BCUT2D eigenvalue weighted by molar-refractivity contribution is -0.124. The number of anilines is 1. The van der Waals surface area contributed by atoms with Gasteiger partial charge < -0.3 is 15.1 Å². The molecule has 28 heavy (non-hydrogen) atoms. The van der Waals surface area contributed by atoms with Gasteiger partial charge in [0, 0.05) is 23.7 Å². The third-order valence-electron chi connectivity index (χ3n) is 4.29. The van der Waals surface area contributed by atoms with Gasteiger partial charge in [-0.3, -0.25) is 14.2 Å². The lowest BCUT2D eigenvalue weighted by atomic mass is 10.2. The van der Waals surface area contributed by atoms with Crippen LogP contribution in [0.15, 0.2) is 57.7 Å². The van der Waals surface area contributed by atoms with Gasteiger partial charge in [0.05, 0.1) is 5.52 Å². The number of benzene rings is 2. The van der Waals surface area contributed by atoms with E-state index >= 15 is 0 Å². The molecule has 2 aromatic carbocycles. The predicted molar refractivity (Wildman–Crippen MR) is 108 cm³/mol. The normalized spacial score (nSPS) is 11.9. The van der Waals surface area contributed by atoms with Gasteiger partial charge in [0.25, 0.3) is 0 Å². The van der Waals surface area contributed by atoms with E-state index in [4.69, 9.17) is 16.0 Å². The van der Waals surface area contributed by atoms with Crippen LogP contribution in [0.4, 0.5) is 5.69 Å². The molecule has 8 heteroatoms. The van der Waals surface area contributed by atoms with Gasteiger partial charge in [-0.1, -0.05) is 23.7 Å². The second kappa shape index (κ2) is 8.75. The van der Waals surface area contributed by atoms with E-state index in [9.17, 15) is 14.4 Å². The van der Waals surface area contributed by atoms with Gasteiger partial charge in [-0.15, -0.1) is 0 Å². The summed E-state index contributed by atoms with van der Waals surface area (Å²) in [6.45, 7) is 1.95. The van der Waals surface area contributed by atoms with Crippen LogP contribution in [-0.2, 0) is 9.59 Å². The molecule has 2 amide bonds. The fourth-order valence-electron chi connectivity index (χ4n) is 2.83. The van der Waals surface area contributed by atoms with Crippen molar-refractivity contribution in [3.63, 3.8) is 0 Å². The molecule has 0 saturated carbocycles. The van der Waals surface area contributed by atoms with Crippen molar-refractivity contribution in [2.24, 2.45) is 0 Å². The molecule has 2 N–H and O–H groups in total. The lowest BCUT2D eigenvalue weighted by Crippen LogP contribution is -2.35. The summed E-state index contributed by atoms with van der Waals surface area (Å²) < 4.78 is 6.47. The Bertz CT molecular complexity index is 1040. The van der Waals surface area contributed by atoms with Crippen molar-refractivity contribution in [3.8, 4) is 0 Å². The highest BCUT2D eigenvalue weighted by Crippen LogP contribution is 2.17.